The summed E-state index contributed by atoms with van der Waals surface area (Å²) in [5.41, 5.74) is 1.11. The molecule has 0 atom stereocenters. The van der Waals surface area contributed by atoms with E-state index in [4.69, 9.17) is 4.74 Å². The first-order chi connectivity index (χ1) is 13.0. The van der Waals surface area contributed by atoms with Gasteiger partial charge in [0.05, 0.1) is 0 Å². The van der Waals surface area contributed by atoms with Gasteiger partial charge in [0.15, 0.2) is 11.3 Å². The number of Topliss-reactive ketones (excluding diaryl/α,β-unsaturated/α-hetero) is 1. The molecule has 2 aliphatic rings. The molecule has 27 heavy (non-hydrogen) atoms. The smallest absolute Gasteiger partial charge is 0.345 e. The number of rotatable bonds is 3. The van der Waals surface area contributed by atoms with Crippen LogP contribution in [-0.2, 0) is 14.3 Å². The van der Waals surface area contributed by atoms with Crippen molar-refractivity contribution < 1.29 is 19.4 Å². The van der Waals surface area contributed by atoms with Crippen molar-refractivity contribution in [3.8, 4) is 0 Å². The van der Waals surface area contributed by atoms with Gasteiger partial charge >= 0.3 is 5.97 Å². The second-order valence-electron chi connectivity index (χ2n) is 6.71. The number of aromatic nitrogens is 2. The van der Waals surface area contributed by atoms with E-state index < -0.39 is 11.8 Å². The van der Waals surface area contributed by atoms with Crippen LogP contribution in [0.15, 0.2) is 41.7 Å². The number of aliphatic carboxylic acids is 1. The second kappa shape index (κ2) is 6.88. The van der Waals surface area contributed by atoms with E-state index in [0.29, 0.717) is 18.7 Å². The van der Waals surface area contributed by atoms with Crippen molar-refractivity contribution >= 4 is 28.9 Å². The van der Waals surface area contributed by atoms with Crippen molar-refractivity contribution in [2.45, 2.75) is 6.42 Å². The molecule has 8 nitrogen and oxygen atoms in total. The van der Waals surface area contributed by atoms with Gasteiger partial charge in [-0.25, -0.2) is 9.78 Å². The molecule has 2 N–H and O–H groups in total. The van der Waals surface area contributed by atoms with E-state index >= 15 is 0 Å². The number of nitrogens with zero attached hydrogens (tertiary/aromatic N) is 3. The topological polar surface area (TPSA) is 98.8 Å². The minimum Gasteiger partial charge on any atom is -0.477 e. The fourth-order valence-electron chi connectivity index (χ4n) is 3.42. The van der Waals surface area contributed by atoms with E-state index in [1.807, 2.05) is 18.0 Å². The summed E-state index contributed by atoms with van der Waals surface area (Å²) in [7, 11) is 2.02. The van der Waals surface area contributed by atoms with Gasteiger partial charge in [-0.3, -0.25) is 4.79 Å². The predicted octanol–water partition coefficient (Wildman–Crippen LogP) is 1.44. The number of hydrogen-bond acceptors (Lipinski definition) is 6. The van der Waals surface area contributed by atoms with Gasteiger partial charge in [-0.1, -0.05) is 0 Å². The van der Waals surface area contributed by atoms with Gasteiger partial charge in [0, 0.05) is 43.0 Å². The molecule has 0 amide bonds. The first-order valence-corrected chi connectivity index (χ1v) is 8.82. The third-order valence-corrected chi connectivity index (χ3v) is 4.86. The molecular formula is C19H20N4O4. The Morgan fingerprint density at radius 3 is 3.00 bits per heavy atom. The molecule has 0 bridgehead atoms. The molecule has 4 heterocycles. The van der Waals surface area contributed by atoms with Gasteiger partial charge in [0.25, 0.3) is 0 Å². The lowest BCUT2D eigenvalue weighted by molar-refractivity contribution is -0.134. The van der Waals surface area contributed by atoms with Gasteiger partial charge in [-0.05, 0) is 38.2 Å². The summed E-state index contributed by atoms with van der Waals surface area (Å²) in [5.74, 6) is -1.71. The van der Waals surface area contributed by atoms with Crippen LogP contribution in [0.1, 0.15) is 12.0 Å². The lowest BCUT2D eigenvalue weighted by Gasteiger charge is -2.23. The highest BCUT2D eigenvalue weighted by molar-refractivity contribution is 6.26. The third kappa shape index (κ3) is 3.19. The fraction of sp³-hybridized carbons (Fsp3) is 0.316. The minimum atomic E-state index is -1.27. The van der Waals surface area contributed by atoms with Crippen molar-refractivity contribution in [2.24, 2.45) is 0 Å². The van der Waals surface area contributed by atoms with Crippen LogP contribution in [0.3, 0.4) is 0 Å². The SMILES string of the molecule is CN1CCCN(C2=C(C(=O)O)C(=O)/C(=C/c3c[nH]c4ncccc34)O2)CC1. The molecule has 0 unspecified atom stereocenters. The number of carboxylic acid groups (broad SMARTS) is 1. The standard InChI is InChI=1S/C19H20N4O4/c1-22-6-3-7-23(9-8-22)18-15(19(25)26)16(24)14(27-18)10-12-11-21-17-13(12)4-2-5-20-17/h2,4-5,10-11H,3,6-9H2,1H3,(H,20,21)(H,25,26)/b14-10-. The number of ketones is 1. The number of fused-ring (bicyclic) bond motifs is 1. The number of aromatic amines is 1. The van der Waals surface area contributed by atoms with Crippen molar-refractivity contribution in [3.05, 3.63) is 47.3 Å². The average molecular weight is 368 g/mol. The number of carbonyl (C=O) groups is 2. The summed E-state index contributed by atoms with van der Waals surface area (Å²) in [6.07, 6.45) is 5.84. The molecule has 2 aromatic heterocycles. The predicted molar refractivity (Wildman–Crippen MR) is 98.5 cm³/mol. The van der Waals surface area contributed by atoms with Gasteiger partial charge in [0.2, 0.25) is 11.7 Å². The van der Waals surface area contributed by atoms with Crippen molar-refractivity contribution in [1.82, 2.24) is 19.8 Å². The molecule has 1 saturated heterocycles. The van der Waals surface area contributed by atoms with E-state index in [1.54, 1.807) is 24.5 Å². The molecule has 2 aliphatic heterocycles. The van der Waals surface area contributed by atoms with Crippen LogP contribution in [0, 0.1) is 0 Å². The second-order valence-corrected chi connectivity index (χ2v) is 6.71. The molecule has 0 saturated carbocycles. The lowest BCUT2D eigenvalue weighted by atomic mass is 10.1. The number of nitrogens with one attached hydrogen (secondary N) is 1. The number of carbonyl (C=O) groups excluding carboxylic acids is 1. The summed E-state index contributed by atoms with van der Waals surface area (Å²) in [6, 6.07) is 3.68. The number of likely N-dealkylation sites (N-methyl/N-ethyl adjacent to an activating group) is 1. The van der Waals surface area contributed by atoms with Crippen molar-refractivity contribution in [2.75, 3.05) is 33.2 Å². The highest BCUT2D eigenvalue weighted by Gasteiger charge is 2.38. The maximum atomic E-state index is 12.7. The number of ether oxygens (including phenoxy) is 1. The normalized spacial score (nSPS) is 20.4. The molecule has 140 valence electrons. The van der Waals surface area contributed by atoms with Crippen molar-refractivity contribution in [1.29, 1.82) is 0 Å². The Balaban J connectivity index is 1.68. The zero-order valence-corrected chi connectivity index (χ0v) is 14.9. The van der Waals surface area contributed by atoms with E-state index in [0.717, 1.165) is 30.5 Å². The highest BCUT2D eigenvalue weighted by atomic mass is 16.5. The van der Waals surface area contributed by atoms with Crippen LogP contribution in [0.4, 0.5) is 0 Å². The van der Waals surface area contributed by atoms with Crippen molar-refractivity contribution in [3.63, 3.8) is 0 Å². The fourth-order valence-corrected chi connectivity index (χ4v) is 3.42. The first kappa shape index (κ1) is 17.3. The van der Waals surface area contributed by atoms with Gasteiger partial charge in [-0.15, -0.1) is 0 Å². The van der Waals surface area contributed by atoms with Gasteiger partial charge in [0.1, 0.15) is 5.65 Å². The quantitative estimate of drug-likeness (QED) is 0.625. The third-order valence-electron chi connectivity index (χ3n) is 4.86. The number of carboxylic acids is 1. The van der Waals surface area contributed by atoms with Crippen LogP contribution in [0.5, 0.6) is 0 Å². The molecule has 4 rings (SSSR count). The lowest BCUT2D eigenvalue weighted by Crippen LogP contribution is -2.30. The van der Waals surface area contributed by atoms with E-state index in [-0.39, 0.29) is 17.2 Å². The Hall–Kier alpha value is -3.13. The molecule has 0 aromatic carbocycles. The first-order valence-electron chi connectivity index (χ1n) is 8.82. The maximum absolute atomic E-state index is 12.7. The Morgan fingerprint density at radius 1 is 1.33 bits per heavy atom. The van der Waals surface area contributed by atoms with Crippen LogP contribution in [-0.4, -0.2) is 69.9 Å². The largest absolute Gasteiger partial charge is 0.477 e. The number of H-pyrrole nitrogens is 1. The van der Waals surface area contributed by atoms with E-state index in [9.17, 15) is 14.7 Å². The Kier molecular flexibility index (Phi) is 4.41. The summed E-state index contributed by atoms with van der Waals surface area (Å²) in [6.45, 7) is 2.96. The minimum absolute atomic E-state index is 0.0183. The van der Waals surface area contributed by atoms with Gasteiger partial charge < -0.3 is 24.6 Å². The summed E-state index contributed by atoms with van der Waals surface area (Å²) >= 11 is 0. The Morgan fingerprint density at radius 2 is 2.19 bits per heavy atom. The molecule has 0 spiro atoms. The Labute approximate surface area is 155 Å². The van der Waals surface area contributed by atoms with E-state index in [1.165, 1.54) is 0 Å². The number of allylic oxidation sites excluding steroid dienone is 1. The summed E-state index contributed by atoms with van der Waals surface area (Å²) in [4.78, 5) is 35.7. The molecule has 1 fully saturated rings. The molecule has 8 heteroatoms. The summed E-state index contributed by atoms with van der Waals surface area (Å²) in [5, 5.41) is 10.4. The zero-order valence-electron chi connectivity index (χ0n) is 14.9. The molecular weight excluding hydrogens is 348 g/mol. The monoisotopic (exact) mass is 368 g/mol. The van der Waals surface area contributed by atoms with Crippen LogP contribution in [0.2, 0.25) is 0 Å². The number of hydrogen-bond donors (Lipinski definition) is 2. The number of pyridine rings is 1. The molecule has 0 aliphatic carbocycles. The van der Waals surface area contributed by atoms with Crippen LogP contribution in [0.25, 0.3) is 17.1 Å². The van der Waals surface area contributed by atoms with Crippen LogP contribution < -0.4 is 0 Å². The van der Waals surface area contributed by atoms with Gasteiger partial charge in [-0.2, -0.15) is 0 Å². The van der Waals surface area contributed by atoms with Crippen LogP contribution >= 0.6 is 0 Å². The van der Waals surface area contributed by atoms with E-state index in [2.05, 4.69) is 14.9 Å². The Bertz CT molecular complexity index is 975. The molecule has 0 radical (unpaired) electrons. The average Bonchev–Trinajstić information content (AvgIpc) is 3.11. The molecule has 2 aromatic rings. The zero-order chi connectivity index (χ0) is 19.0. The maximum Gasteiger partial charge on any atom is 0.345 e. The summed E-state index contributed by atoms with van der Waals surface area (Å²) < 4.78 is 5.78. The highest BCUT2D eigenvalue weighted by Crippen LogP contribution is 2.31.